The second-order valence-electron chi connectivity index (χ2n) is 7.91. The van der Waals surface area contributed by atoms with Gasteiger partial charge in [-0.05, 0) is 62.2 Å². The molecule has 0 aliphatic heterocycles. The summed E-state index contributed by atoms with van der Waals surface area (Å²) in [5, 5.41) is 3.49. The first-order valence-electron chi connectivity index (χ1n) is 11.3. The van der Waals surface area contributed by atoms with Gasteiger partial charge < -0.3 is 10.2 Å². The van der Waals surface area contributed by atoms with E-state index in [0.717, 1.165) is 12.1 Å². The smallest absolute Gasteiger partial charge is 0.315 e. The topological polar surface area (TPSA) is 67.2 Å². The third-order valence-electron chi connectivity index (χ3n) is 5.87. The van der Waals surface area contributed by atoms with E-state index in [4.69, 9.17) is 4.98 Å². The number of anilines is 1. The van der Waals surface area contributed by atoms with Crippen LogP contribution in [0.3, 0.4) is 0 Å². The summed E-state index contributed by atoms with van der Waals surface area (Å²) in [6.07, 6.45) is 0.914. The summed E-state index contributed by atoms with van der Waals surface area (Å²) in [6, 6.07) is 23.9. The van der Waals surface area contributed by atoms with Gasteiger partial charge in [-0.25, -0.2) is 9.78 Å². The molecule has 6 heteroatoms. The molecule has 2 amide bonds. The van der Waals surface area contributed by atoms with E-state index in [-0.39, 0.29) is 11.6 Å². The summed E-state index contributed by atoms with van der Waals surface area (Å²) in [5.74, 6) is 0.521. The van der Waals surface area contributed by atoms with Gasteiger partial charge in [0.2, 0.25) is 0 Å². The van der Waals surface area contributed by atoms with Crippen molar-refractivity contribution in [1.29, 1.82) is 0 Å². The number of benzene rings is 3. The Morgan fingerprint density at radius 3 is 2.30 bits per heavy atom. The molecule has 0 radical (unpaired) electrons. The van der Waals surface area contributed by atoms with Crippen molar-refractivity contribution in [2.45, 2.75) is 33.2 Å². The number of aryl methyl sites for hydroxylation is 1. The quantitative estimate of drug-likeness (QED) is 0.427. The van der Waals surface area contributed by atoms with E-state index in [1.807, 2.05) is 86.6 Å². The van der Waals surface area contributed by atoms with Gasteiger partial charge in [-0.1, -0.05) is 49.4 Å². The van der Waals surface area contributed by atoms with Crippen molar-refractivity contribution < 1.29 is 4.79 Å². The highest BCUT2D eigenvalue weighted by Gasteiger charge is 2.26. The Morgan fingerprint density at radius 1 is 0.970 bits per heavy atom. The summed E-state index contributed by atoms with van der Waals surface area (Å²) in [6.45, 7) is 6.37. The van der Waals surface area contributed by atoms with Crippen molar-refractivity contribution in [3.05, 3.63) is 101 Å². The van der Waals surface area contributed by atoms with Gasteiger partial charge in [0.1, 0.15) is 5.82 Å². The third kappa shape index (κ3) is 4.51. The molecule has 0 spiro atoms. The molecular formula is C27H28N4O2. The minimum Gasteiger partial charge on any atom is -0.315 e. The maximum atomic E-state index is 13.6. The minimum absolute atomic E-state index is 0.147. The van der Waals surface area contributed by atoms with Crippen LogP contribution in [0.5, 0.6) is 0 Å². The maximum Gasteiger partial charge on any atom is 0.322 e. The zero-order valence-electron chi connectivity index (χ0n) is 19.2. The highest BCUT2D eigenvalue weighted by atomic mass is 16.2. The number of rotatable bonds is 6. The molecule has 168 valence electrons. The van der Waals surface area contributed by atoms with Gasteiger partial charge >= 0.3 is 6.03 Å². The van der Waals surface area contributed by atoms with Crippen molar-refractivity contribution >= 4 is 22.6 Å². The molecule has 1 atom stereocenters. The molecule has 1 N–H and O–H groups in total. The molecule has 0 aliphatic rings. The highest BCUT2D eigenvalue weighted by molar-refractivity contribution is 5.89. The summed E-state index contributed by atoms with van der Waals surface area (Å²) < 4.78 is 1.63. The fourth-order valence-electron chi connectivity index (χ4n) is 4.01. The lowest BCUT2D eigenvalue weighted by Crippen LogP contribution is -2.39. The SMILES string of the molecule is CCc1ccc(-n2c(C(C)N(CC)C(=O)Nc3ccccc3)nc3ccccc3c2=O)cc1. The Hall–Kier alpha value is -3.93. The van der Waals surface area contributed by atoms with Gasteiger partial charge in [0.05, 0.1) is 22.6 Å². The molecule has 4 rings (SSSR count). The molecule has 0 saturated heterocycles. The number of hydrogen-bond donors (Lipinski definition) is 1. The van der Waals surface area contributed by atoms with Gasteiger partial charge in [-0.2, -0.15) is 0 Å². The number of nitrogens with zero attached hydrogens (tertiary/aromatic N) is 3. The number of carbonyl (C=O) groups excluding carboxylic acids is 1. The monoisotopic (exact) mass is 440 g/mol. The predicted molar refractivity (Wildman–Crippen MR) is 133 cm³/mol. The van der Waals surface area contributed by atoms with Gasteiger partial charge in [0, 0.05) is 12.2 Å². The van der Waals surface area contributed by atoms with Crippen molar-refractivity contribution in [3.63, 3.8) is 0 Å². The minimum atomic E-state index is -0.443. The average molecular weight is 441 g/mol. The first-order chi connectivity index (χ1) is 16.0. The normalized spacial score (nSPS) is 11.8. The van der Waals surface area contributed by atoms with Gasteiger partial charge in [0.15, 0.2) is 0 Å². The van der Waals surface area contributed by atoms with Crippen molar-refractivity contribution in [2.75, 3.05) is 11.9 Å². The number of amides is 2. The zero-order valence-corrected chi connectivity index (χ0v) is 19.2. The van der Waals surface area contributed by atoms with E-state index in [1.165, 1.54) is 5.56 Å². The fraction of sp³-hybridized carbons (Fsp3) is 0.222. The van der Waals surface area contributed by atoms with E-state index in [9.17, 15) is 9.59 Å². The van der Waals surface area contributed by atoms with E-state index < -0.39 is 6.04 Å². The number of urea groups is 1. The van der Waals surface area contributed by atoms with Crippen LogP contribution in [0.2, 0.25) is 0 Å². The van der Waals surface area contributed by atoms with Crippen LogP contribution in [-0.2, 0) is 6.42 Å². The van der Waals surface area contributed by atoms with Crippen LogP contribution in [-0.4, -0.2) is 27.0 Å². The highest BCUT2D eigenvalue weighted by Crippen LogP contribution is 2.24. The molecule has 1 unspecified atom stereocenters. The van der Waals surface area contributed by atoms with Crippen LogP contribution in [0.1, 0.15) is 38.2 Å². The van der Waals surface area contributed by atoms with E-state index in [1.54, 1.807) is 15.5 Å². The van der Waals surface area contributed by atoms with Crippen molar-refractivity contribution in [1.82, 2.24) is 14.5 Å². The number of para-hydroxylation sites is 2. The fourth-order valence-corrected chi connectivity index (χ4v) is 4.01. The van der Waals surface area contributed by atoms with Crippen LogP contribution < -0.4 is 10.9 Å². The average Bonchev–Trinajstić information content (AvgIpc) is 2.85. The van der Waals surface area contributed by atoms with E-state index in [2.05, 4.69) is 12.2 Å². The number of aromatic nitrogens is 2. The van der Waals surface area contributed by atoms with Crippen LogP contribution in [0.25, 0.3) is 16.6 Å². The molecule has 1 heterocycles. The Bertz CT molecular complexity index is 1310. The molecule has 0 saturated carbocycles. The Balaban J connectivity index is 1.82. The first kappa shape index (κ1) is 22.3. The van der Waals surface area contributed by atoms with Crippen LogP contribution >= 0.6 is 0 Å². The third-order valence-corrected chi connectivity index (χ3v) is 5.87. The number of carbonyl (C=O) groups is 1. The van der Waals surface area contributed by atoms with E-state index in [0.29, 0.717) is 29.0 Å². The molecule has 0 aliphatic carbocycles. The standard InChI is InChI=1S/C27H28N4O2/c1-4-20-15-17-22(18-16-20)31-25(29-24-14-10-9-13-23(24)26(31)32)19(3)30(5-2)27(33)28-21-11-7-6-8-12-21/h6-19H,4-5H2,1-3H3,(H,28,33). The van der Waals surface area contributed by atoms with Crippen LogP contribution in [0.15, 0.2) is 83.7 Å². The Kier molecular flexibility index (Phi) is 6.54. The first-order valence-corrected chi connectivity index (χ1v) is 11.3. The molecule has 4 aromatic rings. The second-order valence-corrected chi connectivity index (χ2v) is 7.91. The largest absolute Gasteiger partial charge is 0.322 e. The molecule has 1 aromatic heterocycles. The summed E-state index contributed by atoms with van der Waals surface area (Å²) >= 11 is 0. The maximum absolute atomic E-state index is 13.6. The van der Waals surface area contributed by atoms with Crippen LogP contribution in [0, 0.1) is 0 Å². The molecule has 6 nitrogen and oxygen atoms in total. The number of nitrogens with one attached hydrogen (secondary N) is 1. The Morgan fingerprint density at radius 2 is 1.64 bits per heavy atom. The van der Waals surface area contributed by atoms with Crippen molar-refractivity contribution in [3.8, 4) is 5.69 Å². The summed E-state index contributed by atoms with van der Waals surface area (Å²) in [4.78, 5) is 33.3. The second kappa shape index (κ2) is 9.69. The zero-order chi connectivity index (χ0) is 23.4. The lowest BCUT2D eigenvalue weighted by atomic mass is 10.1. The summed E-state index contributed by atoms with van der Waals surface area (Å²) in [7, 11) is 0. The molecule has 33 heavy (non-hydrogen) atoms. The molecular weight excluding hydrogens is 412 g/mol. The van der Waals surface area contributed by atoms with E-state index >= 15 is 0 Å². The number of fused-ring (bicyclic) bond motifs is 1. The summed E-state index contributed by atoms with van der Waals surface area (Å²) in [5.41, 5.74) is 3.10. The van der Waals surface area contributed by atoms with Gasteiger partial charge in [0.25, 0.3) is 5.56 Å². The number of hydrogen-bond acceptors (Lipinski definition) is 3. The molecule has 0 bridgehead atoms. The van der Waals surface area contributed by atoms with Crippen LogP contribution in [0.4, 0.5) is 10.5 Å². The Labute approximate surface area is 193 Å². The molecule has 3 aromatic carbocycles. The van der Waals surface area contributed by atoms with Gasteiger partial charge in [-0.15, -0.1) is 0 Å². The molecule has 0 fully saturated rings. The van der Waals surface area contributed by atoms with Gasteiger partial charge in [-0.3, -0.25) is 9.36 Å². The van der Waals surface area contributed by atoms with Crippen molar-refractivity contribution in [2.24, 2.45) is 0 Å². The lowest BCUT2D eigenvalue weighted by Gasteiger charge is -2.29. The predicted octanol–water partition coefficient (Wildman–Crippen LogP) is 5.56. The lowest BCUT2D eigenvalue weighted by molar-refractivity contribution is 0.193.